The van der Waals surface area contributed by atoms with Crippen molar-refractivity contribution in [3.8, 4) is 0 Å². The fourth-order valence-corrected chi connectivity index (χ4v) is 4.85. The zero-order valence-electron chi connectivity index (χ0n) is 19.3. The van der Waals surface area contributed by atoms with Gasteiger partial charge >= 0.3 is 0 Å². The number of unbranched alkanes of at least 4 members (excludes halogenated alkanes) is 1. The first-order chi connectivity index (χ1) is 15.5. The fraction of sp³-hybridized carbons (Fsp3) is 0.423. The van der Waals surface area contributed by atoms with Gasteiger partial charge in [0.25, 0.3) is 5.91 Å². The number of carbonyl (C=O) groups is 1. The maximum Gasteiger partial charge on any atom is 0.254 e. The molecule has 1 aliphatic rings. The third-order valence-corrected chi connectivity index (χ3v) is 6.93. The molecule has 0 bridgehead atoms. The Balaban J connectivity index is 1.35. The quantitative estimate of drug-likeness (QED) is 0.503. The Morgan fingerprint density at radius 3 is 2.47 bits per heavy atom. The van der Waals surface area contributed by atoms with Crippen LogP contribution in [0, 0.1) is 6.92 Å². The molecule has 0 saturated carbocycles. The Bertz CT molecular complexity index is 1030. The molecule has 0 aliphatic carbocycles. The topological polar surface area (TPSA) is 49.3 Å². The van der Waals surface area contributed by atoms with Crippen molar-refractivity contribution >= 4 is 22.6 Å². The smallest absolute Gasteiger partial charge is 0.254 e. The van der Waals surface area contributed by atoms with Crippen LogP contribution in [0.25, 0.3) is 0 Å². The molecule has 1 fully saturated rings. The van der Waals surface area contributed by atoms with Gasteiger partial charge in [-0.2, -0.15) is 4.37 Å². The molecule has 1 amide bonds. The van der Waals surface area contributed by atoms with E-state index >= 15 is 0 Å². The minimum atomic E-state index is 0.122. The van der Waals surface area contributed by atoms with E-state index in [9.17, 15) is 4.79 Å². The Labute approximate surface area is 195 Å². The van der Waals surface area contributed by atoms with E-state index in [0.717, 1.165) is 42.5 Å². The van der Waals surface area contributed by atoms with Gasteiger partial charge in [0.1, 0.15) is 5.82 Å². The van der Waals surface area contributed by atoms with Crippen molar-refractivity contribution in [2.75, 3.05) is 24.5 Å². The second-order valence-corrected chi connectivity index (χ2v) is 9.48. The number of piperazine rings is 1. The number of aryl methyl sites for hydroxylation is 2. The number of benzene rings is 2. The van der Waals surface area contributed by atoms with Crippen LogP contribution in [0.15, 0.2) is 48.5 Å². The Kier molecular flexibility index (Phi) is 7.20. The lowest BCUT2D eigenvalue weighted by Gasteiger charge is -2.39. The molecule has 32 heavy (non-hydrogen) atoms. The van der Waals surface area contributed by atoms with Crippen molar-refractivity contribution in [1.29, 1.82) is 0 Å². The van der Waals surface area contributed by atoms with Crippen LogP contribution in [0.2, 0.25) is 0 Å². The van der Waals surface area contributed by atoms with Gasteiger partial charge < -0.3 is 9.80 Å². The van der Waals surface area contributed by atoms with Gasteiger partial charge in [-0.15, -0.1) is 0 Å². The summed E-state index contributed by atoms with van der Waals surface area (Å²) >= 11 is 1.46. The van der Waals surface area contributed by atoms with Crippen LogP contribution in [0.5, 0.6) is 0 Å². The average molecular weight is 449 g/mol. The monoisotopic (exact) mass is 448 g/mol. The van der Waals surface area contributed by atoms with Gasteiger partial charge in [-0.3, -0.25) is 4.79 Å². The maximum absolute atomic E-state index is 13.1. The number of nitrogens with zero attached hydrogens (tertiary/aromatic N) is 4. The fourth-order valence-electron chi connectivity index (χ4n) is 4.13. The van der Waals surface area contributed by atoms with Crippen LogP contribution in [-0.4, -0.2) is 45.8 Å². The van der Waals surface area contributed by atoms with Crippen molar-refractivity contribution in [2.45, 2.75) is 52.5 Å². The van der Waals surface area contributed by atoms with Crippen LogP contribution < -0.4 is 4.90 Å². The molecule has 1 unspecified atom stereocenters. The van der Waals surface area contributed by atoms with E-state index in [1.165, 1.54) is 41.1 Å². The number of carbonyl (C=O) groups excluding carboxylic acids is 1. The molecular weight excluding hydrogens is 416 g/mol. The van der Waals surface area contributed by atoms with E-state index < -0.39 is 0 Å². The molecule has 0 N–H and O–H groups in total. The highest BCUT2D eigenvalue weighted by Crippen LogP contribution is 2.23. The van der Waals surface area contributed by atoms with Crippen molar-refractivity contribution in [1.82, 2.24) is 14.3 Å². The Hall–Kier alpha value is -2.73. The minimum Gasteiger partial charge on any atom is -0.343 e. The van der Waals surface area contributed by atoms with E-state index in [1.54, 1.807) is 0 Å². The van der Waals surface area contributed by atoms with Crippen molar-refractivity contribution < 1.29 is 4.79 Å². The first kappa shape index (κ1) is 22.5. The van der Waals surface area contributed by atoms with Gasteiger partial charge in [0, 0.05) is 49.2 Å². The molecule has 2 aromatic carbocycles. The molecule has 2 heterocycles. The lowest BCUT2D eigenvalue weighted by atomic mass is 10.0. The summed E-state index contributed by atoms with van der Waals surface area (Å²) in [5.41, 5.74) is 4.57. The van der Waals surface area contributed by atoms with Crippen molar-refractivity contribution in [2.24, 2.45) is 0 Å². The van der Waals surface area contributed by atoms with Crippen LogP contribution in [0.1, 0.15) is 59.6 Å². The first-order valence-electron chi connectivity index (χ1n) is 11.6. The van der Waals surface area contributed by atoms with Crippen LogP contribution in [-0.2, 0) is 12.8 Å². The molecule has 0 radical (unpaired) electrons. The van der Waals surface area contributed by atoms with Crippen molar-refractivity contribution in [3.05, 3.63) is 76.6 Å². The standard InChI is InChI=1S/C26H32N4OS/c1-4-5-6-21-11-13-23(14-12-21)25(31)30-16-15-29(18-20(30)3)26-27-24(28-32-26)17-22-9-7-19(2)8-10-22/h7-14,20H,4-6,15-18H2,1-3H3. The zero-order chi connectivity index (χ0) is 22.5. The average Bonchev–Trinajstić information content (AvgIpc) is 3.27. The molecule has 1 saturated heterocycles. The molecule has 6 heteroatoms. The SMILES string of the molecule is CCCCc1ccc(C(=O)N2CCN(c3nc(Cc4ccc(C)cc4)ns3)CC2C)cc1. The molecule has 1 aromatic heterocycles. The number of rotatable bonds is 7. The molecule has 5 nitrogen and oxygen atoms in total. The zero-order valence-corrected chi connectivity index (χ0v) is 20.1. The second kappa shape index (κ2) is 10.3. The van der Waals surface area contributed by atoms with Gasteiger partial charge in [0.15, 0.2) is 0 Å². The third-order valence-electron chi connectivity index (χ3n) is 6.12. The van der Waals surface area contributed by atoms with Gasteiger partial charge in [0.2, 0.25) is 5.13 Å². The van der Waals surface area contributed by atoms with Gasteiger partial charge in [0.05, 0.1) is 0 Å². The molecule has 168 valence electrons. The van der Waals surface area contributed by atoms with Gasteiger partial charge in [-0.25, -0.2) is 4.98 Å². The number of hydrogen-bond donors (Lipinski definition) is 0. The number of amides is 1. The highest BCUT2D eigenvalue weighted by Gasteiger charge is 2.29. The number of anilines is 1. The summed E-state index contributed by atoms with van der Waals surface area (Å²) in [5.74, 6) is 0.986. The highest BCUT2D eigenvalue weighted by molar-refractivity contribution is 7.09. The van der Waals surface area contributed by atoms with Gasteiger partial charge in [-0.1, -0.05) is 55.3 Å². The largest absolute Gasteiger partial charge is 0.343 e. The Morgan fingerprint density at radius 1 is 1.06 bits per heavy atom. The normalized spacial score (nSPS) is 16.4. The predicted octanol–water partition coefficient (Wildman–Crippen LogP) is 5.13. The molecule has 3 aromatic rings. The lowest BCUT2D eigenvalue weighted by Crippen LogP contribution is -2.54. The summed E-state index contributed by atoms with van der Waals surface area (Å²) in [5, 5.41) is 0.950. The molecule has 1 aliphatic heterocycles. The van der Waals surface area contributed by atoms with Crippen LogP contribution in [0.4, 0.5) is 5.13 Å². The molecule has 1 atom stereocenters. The predicted molar refractivity (Wildman–Crippen MR) is 132 cm³/mol. The lowest BCUT2D eigenvalue weighted by molar-refractivity contribution is 0.0674. The van der Waals surface area contributed by atoms with E-state index in [2.05, 4.69) is 66.4 Å². The summed E-state index contributed by atoms with van der Waals surface area (Å²) in [4.78, 5) is 22.1. The molecular formula is C26H32N4OS. The molecule has 4 rings (SSSR count). The van der Waals surface area contributed by atoms with Crippen LogP contribution in [0.3, 0.4) is 0 Å². The summed E-state index contributed by atoms with van der Waals surface area (Å²) < 4.78 is 4.57. The summed E-state index contributed by atoms with van der Waals surface area (Å²) in [6.07, 6.45) is 4.20. The second-order valence-electron chi connectivity index (χ2n) is 8.75. The molecule has 0 spiro atoms. The third kappa shape index (κ3) is 5.36. The van der Waals surface area contributed by atoms with E-state index in [1.807, 2.05) is 17.0 Å². The Morgan fingerprint density at radius 2 is 1.78 bits per heavy atom. The van der Waals surface area contributed by atoms with E-state index in [-0.39, 0.29) is 11.9 Å². The summed E-state index contributed by atoms with van der Waals surface area (Å²) in [6.45, 7) is 8.67. The van der Waals surface area contributed by atoms with E-state index in [0.29, 0.717) is 6.54 Å². The minimum absolute atomic E-state index is 0.122. The number of hydrogen-bond acceptors (Lipinski definition) is 5. The van der Waals surface area contributed by atoms with Crippen LogP contribution >= 0.6 is 11.5 Å². The van der Waals surface area contributed by atoms with E-state index in [4.69, 9.17) is 4.98 Å². The van der Waals surface area contributed by atoms with Crippen molar-refractivity contribution in [3.63, 3.8) is 0 Å². The number of aromatic nitrogens is 2. The maximum atomic E-state index is 13.1. The highest BCUT2D eigenvalue weighted by atomic mass is 32.1. The first-order valence-corrected chi connectivity index (χ1v) is 12.3. The summed E-state index contributed by atoms with van der Waals surface area (Å²) in [6, 6.07) is 16.8. The summed E-state index contributed by atoms with van der Waals surface area (Å²) in [7, 11) is 0. The van der Waals surface area contributed by atoms with Gasteiger partial charge in [-0.05, 0) is 49.9 Å².